The van der Waals surface area contributed by atoms with E-state index in [1.54, 1.807) is 0 Å². The molecule has 0 bridgehead atoms. The fraction of sp³-hybridized carbons (Fsp3) is 0.455. The maximum Gasteiger partial charge on any atom is 0.126 e. The van der Waals surface area contributed by atoms with Gasteiger partial charge in [-0.2, -0.15) is 0 Å². The van der Waals surface area contributed by atoms with Crippen molar-refractivity contribution in [1.82, 2.24) is 0 Å². The summed E-state index contributed by atoms with van der Waals surface area (Å²) in [7, 11) is 0. The number of fused-ring (bicyclic) bond motifs is 1. The lowest BCUT2D eigenvalue weighted by Crippen LogP contribution is -1.93. The highest BCUT2D eigenvalue weighted by atomic mass is 79.9. The van der Waals surface area contributed by atoms with Gasteiger partial charge in [-0.1, -0.05) is 29.8 Å². The van der Waals surface area contributed by atoms with Crippen LogP contribution in [0.15, 0.2) is 16.6 Å². The summed E-state index contributed by atoms with van der Waals surface area (Å²) in [6.45, 7) is 5.24. The Kier molecular flexibility index (Phi) is 2.33. The zero-order valence-electron chi connectivity index (χ0n) is 7.93. The van der Waals surface area contributed by atoms with Gasteiger partial charge in [0.25, 0.3) is 0 Å². The molecule has 1 aliphatic heterocycles. The molecule has 0 radical (unpaired) electrons. The van der Waals surface area contributed by atoms with Crippen LogP contribution in [0.4, 0.5) is 0 Å². The summed E-state index contributed by atoms with van der Waals surface area (Å²) < 4.78 is 6.79. The molecule has 1 heterocycles. The Hall–Kier alpha value is -0.500. The Labute approximate surface area is 87.2 Å². The molecule has 1 aromatic rings. The van der Waals surface area contributed by atoms with E-state index < -0.39 is 0 Å². The largest absolute Gasteiger partial charge is 0.493 e. The summed E-state index contributed by atoms with van der Waals surface area (Å²) >= 11 is 3.53. The lowest BCUT2D eigenvalue weighted by atomic mass is 9.99. The van der Waals surface area contributed by atoms with E-state index in [2.05, 4.69) is 41.9 Å². The topological polar surface area (TPSA) is 9.23 Å². The van der Waals surface area contributed by atoms with Crippen LogP contribution in [0.3, 0.4) is 0 Å². The summed E-state index contributed by atoms with van der Waals surface area (Å²) in [5.41, 5.74) is 2.67. The second-order valence-corrected chi connectivity index (χ2v) is 4.65. The maximum absolute atomic E-state index is 5.63. The molecule has 0 N–H and O–H groups in total. The third-order valence-electron chi connectivity index (χ3n) is 2.40. The minimum Gasteiger partial charge on any atom is -0.493 e. The van der Waals surface area contributed by atoms with E-state index in [1.807, 2.05) is 0 Å². The number of ether oxygens (including phenoxy) is 1. The SMILES string of the molecule is CC(C)c1cc(Br)cc2c1OCC2. The van der Waals surface area contributed by atoms with E-state index in [0.717, 1.165) is 18.8 Å². The third kappa shape index (κ3) is 1.60. The van der Waals surface area contributed by atoms with Gasteiger partial charge in [-0.3, -0.25) is 0 Å². The van der Waals surface area contributed by atoms with Crippen molar-refractivity contribution in [3.05, 3.63) is 27.7 Å². The fourth-order valence-electron chi connectivity index (χ4n) is 1.73. The Balaban J connectivity index is 2.55. The molecule has 0 aliphatic carbocycles. The van der Waals surface area contributed by atoms with Crippen LogP contribution in [0.25, 0.3) is 0 Å². The highest BCUT2D eigenvalue weighted by Gasteiger charge is 2.18. The van der Waals surface area contributed by atoms with Gasteiger partial charge < -0.3 is 4.74 Å². The molecule has 0 spiro atoms. The highest BCUT2D eigenvalue weighted by Crippen LogP contribution is 2.36. The first-order valence-corrected chi connectivity index (χ1v) is 5.43. The molecular weight excluding hydrogens is 228 g/mol. The van der Waals surface area contributed by atoms with Crippen molar-refractivity contribution >= 4 is 15.9 Å². The van der Waals surface area contributed by atoms with Crippen molar-refractivity contribution in [2.45, 2.75) is 26.2 Å². The van der Waals surface area contributed by atoms with Crippen molar-refractivity contribution in [3.8, 4) is 5.75 Å². The molecule has 13 heavy (non-hydrogen) atoms. The number of halogens is 1. The summed E-state index contributed by atoms with van der Waals surface area (Å²) in [5, 5.41) is 0. The Bertz CT molecular complexity index is 331. The monoisotopic (exact) mass is 240 g/mol. The van der Waals surface area contributed by atoms with E-state index in [0.29, 0.717) is 5.92 Å². The highest BCUT2D eigenvalue weighted by molar-refractivity contribution is 9.10. The quantitative estimate of drug-likeness (QED) is 0.731. The van der Waals surface area contributed by atoms with Crippen LogP contribution in [-0.2, 0) is 6.42 Å². The number of hydrogen-bond acceptors (Lipinski definition) is 1. The van der Waals surface area contributed by atoms with Crippen LogP contribution in [0.2, 0.25) is 0 Å². The molecule has 0 atom stereocenters. The normalized spacial score (nSPS) is 14.5. The molecule has 1 aromatic carbocycles. The van der Waals surface area contributed by atoms with Crippen molar-refractivity contribution < 1.29 is 4.74 Å². The first kappa shape index (κ1) is 9.07. The van der Waals surface area contributed by atoms with Crippen LogP contribution in [0.1, 0.15) is 30.9 Å². The minimum absolute atomic E-state index is 0.532. The molecule has 70 valence electrons. The molecule has 0 unspecified atom stereocenters. The number of hydrogen-bond donors (Lipinski definition) is 0. The molecule has 2 rings (SSSR count). The molecule has 1 nitrogen and oxygen atoms in total. The van der Waals surface area contributed by atoms with Crippen molar-refractivity contribution in [3.63, 3.8) is 0 Å². The minimum atomic E-state index is 0.532. The zero-order valence-corrected chi connectivity index (χ0v) is 9.52. The summed E-state index contributed by atoms with van der Waals surface area (Å²) in [5.74, 6) is 1.66. The molecule has 1 aliphatic rings. The molecule has 0 fully saturated rings. The Morgan fingerprint density at radius 1 is 1.38 bits per heavy atom. The van der Waals surface area contributed by atoms with E-state index in [9.17, 15) is 0 Å². The summed E-state index contributed by atoms with van der Waals surface area (Å²) in [6.07, 6.45) is 1.05. The maximum atomic E-state index is 5.63. The predicted octanol–water partition coefficient (Wildman–Crippen LogP) is 3.51. The van der Waals surface area contributed by atoms with Crippen LogP contribution >= 0.6 is 15.9 Å². The molecular formula is C11H13BrO. The molecule has 0 saturated heterocycles. The van der Waals surface area contributed by atoms with E-state index in [1.165, 1.54) is 15.6 Å². The summed E-state index contributed by atoms with van der Waals surface area (Å²) in [6, 6.07) is 4.32. The van der Waals surface area contributed by atoms with E-state index in [-0.39, 0.29) is 0 Å². The smallest absolute Gasteiger partial charge is 0.126 e. The van der Waals surface area contributed by atoms with Gasteiger partial charge in [-0.15, -0.1) is 0 Å². The Morgan fingerprint density at radius 3 is 2.85 bits per heavy atom. The fourth-order valence-corrected chi connectivity index (χ4v) is 2.25. The predicted molar refractivity (Wildman–Crippen MR) is 57.4 cm³/mol. The van der Waals surface area contributed by atoms with Gasteiger partial charge in [0.15, 0.2) is 0 Å². The lowest BCUT2D eigenvalue weighted by Gasteiger charge is -2.11. The Morgan fingerprint density at radius 2 is 2.15 bits per heavy atom. The average Bonchev–Trinajstić information content (AvgIpc) is 2.49. The molecule has 2 heteroatoms. The van der Waals surface area contributed by atoms with Crippen LogP contribution < -0.4 is 4.74 Å². The number of benzene rings is 1. The zero-order chi connectivity index (χ0) is 9.42. The second kappa shape index (κ2) is 3.33. The lowest BCUT2D eigenvalue weighted by molar-refractivity contribution is 0.352. The van der Waals surface area contributed by atoms with Crippen molar-refractivity contribution in [2.24, 2.45) is 0 Å². The summed E-state index contributed by atoms with van der Waals surface area (Å²) in [4.78, 5) is 0. The van der Waals surface area contributed by atoms with Crippen LogP contribution in [0, 0.1) is 0 Å². The molecule has 0 saturated carbocycles. The first-order chi connectivity index (χ1) is 6.18. The van der Waals surface area contributed by atoms with Crippen molar-refractivity contribution in [1.29, 1.82) is 0 Å². The first-order valence-electron chi connectivity index (χ1n) is 4.63. The van der Waals surface area contributed by atoms with Gasteiger partial charge in [0, 0.05) is 10.9 Å². The van der Waals surface area contributed by atoms with Gasteiger partial charge in [0.1, 0.15) is 5.75 Å². The van der Waals surface area contributed by atoms with Gasteiger partial charge in [0.05, 0.1) is 6.61 Å². The van der Waals surface area contributed by atoms with Gasteiger partial charge in [-0.25, -0.2) is 0 Å². The van der Waals surface area contributed by atoms with Crippen LogP contribution in [0.5, 0.6) is 5.75 Å². The van der Waals surface area contributed by atoms with Gasteiger partial charge in [-0.05, 0) is 29.2 Å². The van der Waals surface area contributed by atoms with E-state index >= 15 is 0 Å². The van der Waals surface area contributed by atoms with Crippen LogP contribution in [-0.4, -0.2) is 6.61 Å². The second-order valence-electron chi connectivity index (χ2n) is 3.74. The number of rotatable bonds is 1. The molecule has 0 aromatic heterocycles. The van der Waals surface area contributed by atoms with Crippen molar-refractivity contribution in [2.75, 3.05) is 6.61 Å². The van der Waals surface area contributed by atoms with Gasteiger partial charge >= 0.3 is 0 Å². The average molecular weight is 241 g/mol. The van der Waals surface area contributed by atoms with Gasteiger partial charge in [0.2, 0.25) is 0 Å². The standard InChI is InChI=1S/C11H13BrO/c1-7(2)10-6-9(12)5-8-3-4-13-11(8)10/h5-7H,3-4H2,1-2H3. The van der Waals surface area contributed by atoms with E-state index in [4.69, 9.17) is 4.74 Å². The molecule has 0 amide bonds. The third-order valence-corrected chi connectivity index (χ3v) is 2.86.